The lowest BCUT2D eigenvalue weighted by molar-refractivity contribution is -0.119. The van der Waals surface area contributed by atoms with Crippen molar-refractivity contribution in [2.75, 3.05) is 13.2 Å². The molecule has 0 amide bonds. The Hall–Kier alpha value is -2.34. The van der Waals surface area contributed by atoms with E-state index in [0.717, 1.165) is 12.0 Å². The Kier molecular flexibility index (Phi) is 4.81. The van der Waals surface area contributed by atoms with E-state index in [1.54, 1.807) is 6.08 Å². The Morgan fingerprint density at radius 2 is 2.00 bits per heavy atom. The number of para-hydroxylation sites is 1. The van der Waals surface area contributed by atoms with Gasteiger partial charge in [0, 0.05) is 23.5 Å². The SMILES string of the molecule is CC(C)(C)C(=O)C=c1[nH]c(=O)c(=Cc2cccc3c2OCCCO3)s1. The summed E-state index contributed by atoms with van der Waals surface area (Å²) in [6, 6.07) is 5.62. The van der Waals surface area contributed by atoms with Gasteiger partial charge in [0.25, 0.3) is 5.56 Å². The molecule has 3 rings (SSSR count). The molecule has 0 unspecified atom stereocenters. The molecule has 2 heterocycles. The number of hydrogen-bond donors (Lipinski definition) is 1. The first kappa shape index (κ1) is 17.5. The van der Waals surface area contributed by atoms with Gasteiger partial charge in [0.2, 0.25) is 0 Å². The molecule has 1 aromatic carbocycles. The zero-order chi connectivity index (χ0) is 18.0. The van der Waals surface area contributed by atoms with Crippen LogP contribution in [0.3, 0.4) is 0 Å². The van der Waals surface area contributed by atoms with Gasteiger partial charge in [-0.25, -0.2) is 0 Å². The summed E-state index contributed by atoms with van der Waals surface area (Å²) in [6.07, 6.45) is 4.09. The Morgan fingerprint density at radius 1 is 1.24 bits per heavy atom. The van der Waals surface area contributed by atoms with Gasteiger partial charge in [0.05, 0.1) is 22.4 Å². The van der Waals surface area contributed by atoms with Crippen LogP contribution in [0.2, 0.25) is 0 Å². The van der Waals surface area contributed by atoms with Crippen molar-refractivity contribution in [3.63, 3.8) is 0 Å². The third-order valence-corrected chi connectivity index (χ3v) is 4.73. The van der Waals surface area contributed by atoms with Gasteiger partial charge in [-0.15, -0.1) is 11.3 Å². The summed E-state index contributed by atoms with van der Waals surface area (Å²) < 4.78 is 12.5. The number of H-pyrrole nitrogens is 1. The second-order valence-electron chi connectivity index (χ2n) is 6.91. The topological polar surface area (TPSA) is 68.4 Å². The molecule has 132 valence electrons. The van der Waals surface area contributed by atoms with Gasteiger partial charge in [0.1, 0.15) is 0 Å². The van der Waals surface area contributed by atoms with Crippen molar-refractivity contribution in [3.8, 4) is 11.5 Å². The number of ether oxygens (including phenoxy) is 2. The fourth-order valence-corrected chi connectivity index (χ4v) is 3.21. The monoisotopic (exact) mass is 359 g/mol. The average Bonchev–Trinajstić information content (AvgIpc) is 2.74. The molecule has 0 radical (unpaired) electrons. The van der Waals surface area contributed by atoms with Crippen LogP contribution in [0, 0.1) is 5.41 Å². The van der Waals surface area contributed by atoms with E-state index >= 15 is 0 Å². The second-order valence-corrected chi connectivity index (χ2v) is 8.00. The van der Waals surface area contributed by atoms with Gasteiger partial charge in [-0.2, -0.15) is 0 Å². The van der Waals surface area contributed by atoms with Crippen LogP contribution in [-0.4, -0.2) is 24.0 Å². The summed E-state index contributed by atoms with van der Waals surface area (Å²) in [5.74, 6) is 1.32. The summed E-state index contributed by atoms with van der Waals surface area (Å²) >= 11 is 1.26. The van der Waals surface area contributed by atoms with E-state index in [0.29, 0.717) is 33.9 Å². The molecule has 2 aromatic rings. The zero-order valence-corrected chi connectivity index (χ0v) is 15.4. The molecular weight excluding hydrogens is 338 g/mol. The molecule has 0 aliphatic carbocycles. The number of fused-ring (bicyclic) bond motifs is 1. The van der Waals surface area contributed by atoms with Crippen LogP contribution in [-0.2, 0) is 4.79 Å². The van der Waals surface area contributed by atoms with Crippen LogP contribution in [0.15, 0.2) is 23.0 Å². The van der Waals surface area contributed by atoms with Crippen molar-refractivity contribution in [1.29, 1.82) is 0 Å². The predicted octanol–water partition coefficient (Wildman–Crippen LogP) is 1.82. The largest absolute Gasteiger partial charge is 0.490 e. The maximum absolute atomic E-state index is 12.2. The fraction of sp³-hybridized carbons (Fsp3) is 0.368. The average molecular weight is 359 g/mol. The minimum atomic E-state index is -0.479. The van der Waals surface area contributed by atoms with Gasteiger partial charge in [-0.05, 0) is 12.1 Å². The van der Waals surface area contributed by atoms with Crippen molar-refractivity contribution in [3.05, 3.63) is 43.3 Å². The van der Waals surface area contributed by atoms with Crippen LogP contribution >= 0.6 is 11.3 Å². The number of nitrogens with one attached hydrogen (secondary N) is 1. The number of Topliss-reactive ketones (excluding diaryl/α,β-unsaturated/α-hetero) is 1. The lowest BCUT2D eigenvalue weighted by Gasteiger charge is -2.12. The maximum Gasteiger partial charge on any atom is 0.266 e. The van der Waals surface area contributed by atoms with Crippen LogP contribution in [0.5, 0.6) is 11.5 Å². The summed E-state index contributed by atoms with van der Waals surface area (Å²) in [4.78, 5) is 27.1. The number of aromatic nitrogens is 1. The summed E-state index contributed by atoms with van der Waals surface area (Å²) in [7, 11) is 0. The molecule has 0 saturated carbocycles. The van der Waals surface area contributed by atoms with Crippen molar-refractivity contribution < 1.29 is 14.3 Å². The van der Waals surface area contributed by atoms with E-state index in [1.165, 1.54) is 17.4 Å². The third-order valence-electron chi connectivity index (χ3n) is 3.77. The van der Waals surface area contributed by atoms with Crippen LogP contribution in [0.25, 0.3) is 12.2 Å². The summed E-state index contributed by atoms with van der Waals surface area (Å²) in [5, 5.41) is 0. The summed E-state index contributed by atoms with van der Waals surface area (Å²) in [5.41, 5.74) is 0.0951. The Morgan fingerprint density at radius 3 is 2.76 bits per heavy atom. The number of carbonyl (C=O) groups excluding carboxylic acids is 1. The van der Waals surface area contributed by atoms with E-state index in [9.17, 15) is 9.59 Å². The highest BCUT2D eigenvalue weighted by Crippen LogP contribution is 2.33. The summed E-state index contributed by atoms with van der Waals surface area (Å²) in [6.45, 7) is 6.74. The van der Waals surface area contributed by atoms with Crippen molar-refractivity contribution >= 4 is 29.3 Å². The highest BCUT2D eigenvalue weighted by Gasteiger charge is 2.19. The number of carbonyl (C=O) groups is 1. The number of aromatic amines is 1. The quantitative estimate of drug-likeness (QED) is 0.888. The van der Waals surface area contributed by atoms with Gasteiger partial charge >= 0.3 is 0 Å². The number of hydrogen-bond acceptors (Lipinski definition) is 5. The minimum absolute atomic E-state index is 0.0261. The lowest BCUT2D eigenvalue weighted by atomic mass is 9.91. The lowest BCUT2D eigenvalue weighted by Crippen LogP contribution is -2.22. The third kappa shape index (κ3) is 4.02. The molecule has 1 N–H and O–H groups in total. The van der Waals surface area contributed by atoms with Crippen LogP contribution < -0.4 is 24.2 Å². The van der Waals surface area contributed by atoms with Gasteiger partial charge in [-0.1, -0.05) is 32.9 Å². The Labute approximate surface area is 149 Å². The minimum Gasteiger partial charge on any atom is -0.490 e. The molecule has 0 bridgehead atoms. The zero-order valence-electron chi connectivity index (χ0n) is 14.5. The molecule has 5 nitrogen and oxygen atoms in total. The van der Waals surface area contributed by atoms with E-state index < -0.39 is 5.41 Å². The Balaban J connectivity index is 2.06. The maximum atomic E-state index is 12.2. The number of benzene rings is 1. The van der Waals surface area contributed by atoms with Gasteiger partial charge in [0.15, 0.2) is 17.3 Å². The molecule has 0 atom stereocenters. The molecule has 1 aliphatic rings. The van der Waals surface area contributed by atoms with Gasteiger partial charge in [-0.3, -0.25) is 9.59 Å². The van der Waals surface area contributed by atoms with E-state index in [4.69, 9.17) is 9.47 Å². The van der Waals surface area contributed by atoms with E-state index in [2.05, 4.69) is 4.98 Å². The normalized spacial score (nSPS) is 16.0. The van der Waals surface area contributed by atoms with Gasteiger partial charge < -0.3 is 14.5 Å². The van der Waals surface area contributed by atoms with Crippen molar-refractivity contribution in [2.24, 2.45) is 5.41 Å². The van der Waals surface area contributed by atoms with Crippen LogP contribution in [0.1, 0.15) is 32.8 Å². The molecule has 6 heteroatoms. The highest BCUT2D eigenvalue weighted by molar-refractivity contribution is 7.07. The first-order valence-electron chi connectivity index (χ1n) is 8.20. The number of thiazole rings is 1. The molecule has 0 spiro atoms. The highest BCUT2D eigenvalue weighted by atomic mass is 32.1. The fourth-order valence-electron chi connectivity index (χ4n) is 2.33. The first-order chi connectivity index (χ1) is 11.8. The van der Waals surface area contributed by atoms with Crippen molar-refractivity contribution in [1.82, 2.24) is 4.98 Å². The van der Waals surface area contributed by atoms with E-state index in [1.807, 2.05) is 39.0 Å². The predicted molar refractivity (Wildman–Crippen MR) is 98.7 cm³/mol. The first-order valence-corrected chi connectivity index (χ1v) is 9.02. The number of ketones is 1. The molecule has 25 heavy (non-hydrogen) atoms. The molecule has 1 aromatic heterocycles. The second kappa shape index (κ2) is 6.88. The molecule has 0 fully saturated rings. The van der Waals surface area contributed by atoms with E-state index in [-0.39, 0.29) is 11.3 Å². The van der Waals surface area contributed by atoms with Crippen molar-refractivity contribution in [2.45, 2.75) is 27.2 Å². The number of rotatable bonds is 2. The standard InChI is InChI=1S/C19H21NO4S/c1-19(2,3)15(21)11-16-20-18(22)14(25-16)10-12-6-4-7-13-17(12)24-9-5-8-23-13/h4,6-7,10-11H,5,8-9H2,1-3H3,(H,20,22). The van der Waals surface area contributed by atoms with Crippen LogP contribution in [0.4, 0.5) is 0 Å². The Bertz CT molecular complexity index is 963. The molecular formula is C19H21NO4S. The molecule has 0 saturated heterocycles. The molecule has 1 aliphatic heterocycles. The smallest absolute Gasteiger partial charge is 0.266 e.